The van der Waals surface area contributed by atoms with Crippen molar-refractivity contribution in [2.75, 3.05) is 7.11 Å². The van der Waals surface area contributed by atoms with E-state index in [1.54, 1.807) is 19.2 Å². The molecule has 0 spiro atoms. The Balaban J connectivity index is 2.69. The van der Waals surface area contributed by atoms with E-state index >= 15 is 0 Å². The minimum atomic E-state index is -0.936. The highest BCUT2D eigenvalue weighted by molar-refractivity contribution is 6.01. The van der Waals surface area contributed by atoms with Gasteiger partial charge in [-0.15, -0.1) is 0 Å². The molecule has 20 heavy (non-hydrogen) atoms. The van der Waals surface area contributed by atoms with Crippen LogP contribution >= 0.6 is 0 Å². The van der Waals surface area contributed by atoms with Crippen LogP contribution in [0.3, 0.4) is 0 Å². The lowest BCUT2D eigenvalue weighted by atomic mass is 10.1. The third-order valence-electron chi connectivity index (χ3n) is 3.48. The molecule has 0 amide bonds. The molecule has 1 N–H and O–H groups in total. The lowest BCUT2D eigenvalue weighted by molar-refractivity contribution is 0.00839. The number of hydrogen-bond acceptors (Lipinski definition) is 3. The zero-order valence-electron chi connectivity index (χ0n) is 12.3. The molecule has 0 bridgehead atoms. The maximum absolute atomic E-state index is 11.4. The number of carbonyl (C=O) groups is 1. The molecule has 0 atom stereocenters. The molecule has 0 saturated carbocycles. The molecule has 0 saturated heterocycles. The normalized spacial score (nSPS) is 12.0. The van der Waals surface area contributed by atoms with Gasteiger partial charge in [-0.1, -0.05) is 13.0 Å². The molecule has 1 aromatic heterocycles. The van der Waals surface area contributed by atoms with E-state index in [2.05, 4.69) is 4.98 Å². The summed E-state index contributed by atoms with van der Waals surface area (Å²) < 4.78 is 7.42. The number of para-hydroxylation sites is 1. The van der Waals surface area contributed by atoms with E-state index in [9.17, 15) is 9.90 Å². The molecule has 2 aromatic rings. The molecule has 5 nitrogen and oxygen atoms in total. The summed E-state index contributed by atoms with van der Waals surface area (Å²) in [5, 5.41) is 9.37. The fourth-order valence-electron chi connectivity index (χ4n) is 2.29. The number of hydrogen-bond donors (Lipinski definition) is 1. The van der Waals surface area contributed by atoms with Crippen LogP contribution in [0.2, 0.25) is 0 Å². The average Bonchev–Trinajstić information content (AvgIpc) is 2.76. The van der Waals surface area contributed by atoms with Gasteiger partial charge in [-0.05, 0) is 26.0 Å². The van der Waals surface area contributed by atoms with E-state index < -0.39 is 5.97 Å². The van der Waals surface area contributed by atoms with Gasteiger partial charge in [-0.3, -0.25) is 0 Å². The highest BCUT2D eigenvalue weighted by atomic mass is 16.5. The van der Waals surface area contributed by atoms with Crippen LogP contribution < -0.4 is 0 Å². The van der Waals surface area contributed by atoms with Crippen LogP contribution in [0.4, 0.5) is 0 Å². The number of aromatic carboxylic acids is 1. The van der Waals surface area contributed by atoms with Gasteiger partial charge in [0.05, 0.1) is 28.7 Å². The van der Waals surface area contributed by atoms with Crippen LogP contribution in [0, 0.1) is 0 Å². The Kier molecular flexibility index (Phi) is 3.81. The van der Waals surface area contributed by atoms with E-state index in [0.717, 1.165) is 12.2 Å². The largest absolute Gasteiger partial charge is 0.478 e. The van der Waals surface area contributed by atoms with Crippen LogP contribution in [0.1, 0.15) is 37.0 Å². The molecule has 2 rings (SSSR count). The maximum atomic E-state index is 11.4. The third kappa shape index (κ3) is 2.54. The number of carboxylic acid groups (broad SMARTS) is 1. The second-order valence-corrected chi connectivity index (χ2v) is 5.41. The third-order valence-corrected chi connectivity index (χ3v) is 3.48. The lowest BCUT2D eigenvalue weighted by Gasteiger charge is -2.25. The minimum absolute atomic E-state index is 0.279. The minimum Gasteiger partial charge on any atom is -0.478 e. The van der Waals surface area contributed by atoms with Crippen molar-refractivity contribution in [1.82, 2.24) is 9.55 Å². The number of carboxylic acids is 1. The quantitative estimate of drug-likeness (QED) is 0.912. The molecule has 0 aliphatic heterocycles. The second-order valence-electron chi connectivity index (χ2n) is 5.41. The Hall–Kier alpha value is -1.88. The van der Waals surface area contributed by atoms with Crippen LogP contribution in [-0.2, 0) is 17.7 Å². The highest BCUT2D eigenvalue weighted by Crippen LogP contribution is 2.24. The van der Waals surface area contributed by atoms with Crippen LogP contribution in [0.25, 0.3) is 11.0 Å². The molecule has 1 aromatic carbocycles. The zero-order chi connectivity index (χ0) is 14.9. The number of aromatic nitrogens is 2. The smallest absolute Gasteiger partial charge is 0.337 e. The summed E-state index contributed by atoms with van der Waals surface area (Å²) in [7, 11) is 1.66. The Morgan fingerprint density at radius 1 is 1.45 bits per heavy atom. The number of methoxy groups -OCH3 is 1. The molecule has 0 aliphatic carbocycles. The molecule has 0 unspecified atom stereocenters. The van der Waals surface area contributed by atoms with Crippen molar-refractivity contribution < 1.29 is 14.6 Å². The average molecular weight is 276 g/mol. The van der Waals surface area contributed by atoms with Crippen molar-refractivity contribution in [3.05, 3.63) is 29.6 Å². The Bertz CT molecular complexity index is 644. The molecule has 108 valence electrons. The molecule has 5 heteroatoms. The first-order valence-corrected chi connectivity index (χ1v) is 6.66. The number of imidazole rings is 1. The van der Waals surface area contributed by atoms with Crippen LogP contribution in [0.5, 0.6) is 0 Å². The standard InChI is InChI=1S/C15H20N2O3/c1-5-12-16-11-8-6-7-10(14(18)19)13(11)17(12)9-15(2,3)20-4/h6-8H,5,9H2,1-4H3,(H,18,19). The van der Waals surface area contributed by atoms with Gasteiger partial charge in [-0.2, -0.15) is 0 Å². The van der Waals surface area contributed by atoms with E-state index in [4.69, 9.17) is 4.74 Å². The fourth-order valence-corrected chi connectivity index (χ4v) is 2.29. The zero-order valence-corrected chi connectivity index (χ0v) is 12.3. The van der Waals surface area contributed by atoms with Gasteiger partial charge < -0.3 is 14.4 Å². The monoisotopic (exact) mass is 276 g/mol. The molecule has 1 heterocycles. The Morgan fingerprint density at radius 2 is 2.15 bits per heavy atom. The number of benzene rings is 1. The van der Waals surface area contributed by atoms with Crippen molar-refractivity contribution in [3.8, 4) is 0 Å². The first kappa shape index (κ1) is 14.5. The van der Waals surface area contributed by atoms with E-state index in [0.29, 0.717) is 17.6 Å². The molecule has 0 fully saturated rings. The van der Waals surface area contributed by atoms with Crippen molar-refractivity contribution in [1.29, 1.82) is 0 Å². The van der Waals surface area contributed by atoms with E-state index in [-0.39, 0.29) is 11.2 Å². The van der Waals surface area contributed by atoms with Gasteiger partial charge in [0, 0.05) is 13.5 Å². The van der Waals surface area contributed by atoms with Crippen molar-refractivity contribution in [3.63, 3.8) is 0 Å². The maximum Gasteiger partial charge on any atom is 0.337 e. The van der Waals surface area contributed by atoms with Crippen LogP contribution in [-0.4, -0.2) is 33.3 Å². The first-order valence-electron chi connectivity index (χ1n) is 6.66. The van der Waals surface area contributed by atoms with Gasteiger partial charge in [0.2, 0.25) is 0 Å². The van der Waals surface area contributed by atoms with Crippen molar-refractivity contribution in [2.45, 2.75) is 39.3 Å². The van der Waals surface area contributed by atoms with Gasteiger partial charge in [-0.25, -0.2) is 9.78 Å². The number of rotatable bonds is 5. The SMILES string of the molecule is CCc1nc2cccc(C(=O)O)c2n1CC(C)(C)OC. The summed E-state index contributed by atoms with van der Waals surface area (Å²) in [6.45, 7) is 6.52. The summed E-state index contributed by atoms with van der Waals surface area (Å²) in [4.78, 5) is 16.0. The molecular formula is C15H20N2O3. The van der Waals surface area contributed by atoms with E-state index in [1.165, 1.54) is 0 Å². The van der Waals surface area contributed by atoms with Crippen molar-refractivity contribution in [2.24, 2.45) is 0 Å². The van der Waals surface area contributed by atoms with Gasteiger partial charge in [0.1, 0.15) is 5.82 Å². The topological polar surface area (TPSA) is 64.3 Å². The summed E-state index contributed by atoms with van der Waals surface area (Å²) in [5.41, 5.74) is 1.28. The Morgan fingerprint density at radius 3 is 2.70 bits per heavy atom. The fraction of sp³-hybridized carbons (Fsp3) is 0.467. The number of aryl methyl sites for hydroxylation is 1. The first-order chi connectivity index (χ1) is 9.39. The predicted octanol–water partition coefficient (Wildman–Crippen LogP) is 2.72. The van der Waals surface area contributed by atoms with Crippen molar-refractivity contribution >= 4 is 17.0 Å². The number of nitrogens with zero attached hydrogens (tertiary/aromatic N) is 2. The summed E-state index contributed by atoms with van der Waals surface area (Å²) in [5.74, 6) is -0.0616. The predicted molar refractivity (Wildman–Crippen MR) is 77.2 cm³/mol. The number of fused-ring (bicyclic) bond motifs is 1. The molecular weight excluding hydrogens is 256 g/mol. The highest BCUT2D eigenvalue weighted by Gasteiger charge is 2.23. The number of ether oxygens (including phenoxy) is 1. The van der Waals surface area contributed by atoms with Gasteiger partial charge in [0.15, 0.2) is 0 Å². The van der Waals surface area contributed by atoms with E-state index in [1.807, 2.05) is 31.4 Å². The van der Waals surface area contributed by atoms with Crippen LogP contribution in [0.15, 0.2) is 18.2 Å². The van der Waals surface area contributed by atoms with Gasteiger partial charge >= 0.3 is 5.97 Å². The summed E-state index contributed by atoms with van der Waals surface area (Å²) in [6.07, 6.45) is 0.744. The molecule has 0 radical (unpaired) electrons. The molecule has 0 aliphatic rings. The summed E-state index contributed by atoms with van der Waals surface area (Å²) >= 11 is 0. The summed E-state index contributed by atoms with van der Waals surface area (Å²) in [6, 6.07) is 5.18. The Labute approximate surface area is 118 Å². The van der Waals surface area contributed by atoms with Gasteiger partial charge in [0.25, 0.3) is 0 Å². The second kappa shape index (κ2) is 5.25. The lowest BCUT2D eigenvalue weighted by Crippen LogP contribution is -2.30.